The first-order valence-corrected chi connectivity index (χ1v) is 9.13. The van der Waals surface area contributed by atoms with E-state index in [0.29, 0.717) is 26.4 Å². The summed E-state index contributed by atoms with van der Waals surface area (Å²) in [5.41, 5.74) is 2.08. The second-order valence-electron chi connectivity index (χ2n) is 6.24. The van der Waals surface area contributed by atoms with Gasteiger partial charge in [-0.05, 0) is 36.7 Å². The number of benzene rings is 2. The molecular formula is C21H29NO5. The van der Waals surface area contributed by atoms with Crippen LogP contribution in [0.4, 0.5) is 0 Å². The van der Waals surface area contributed by atoms with E-state index in [-0.39, 0.29) is 12.4 Å². The number of para-hydroxylation sites is 1. The Bertz CT molecular complexity index is 647. The molecule has 2 rings (SSSR count). The van der Waals surface area contributed by atoms with Crippen LogP contribution in [0.25, 0.3) is 0 Å². The molecule has 0 saturated carbocycles. The number of aromatic hydroxyl groups is 1. The van der Waals surface area contributed by atoms with Gasteiger partial charge < -0.3 is 29.7 Å². The van der Waals surface area contributed by atoms with E-state index in [9.17, 15) is 10.2 Å². The maximum Gasteiger partial charge on any atom is 0.124 e. The summed E-state index contributed by atoms with van der Waals surface area (Å²) in [6, 6.07) is 14.8. The monoisotopic (exact) mass is 375 g/mol. The summed E-state index contributed by atoms with van der Waals surface area (Å²) in [5, 5.41) is 22.6. The molecule has 2 aromatic carbocycles. The lowest BCUT2D eigenvalue weighted by molar-refractivity contribution is 0.0591. The minimum atomic E-state index is -0.604. The van der Waals surface area contributed by atoms with Crippen LogP contribution in [0, 0.1) is 0 Å². The van der Waals surface area contributed by atoms with Crippen molar-refractivity contribution in [2.24, 2.45) is 0 Å². The molecule has 148 valence electrons. The number of hydrogen-bond donors (Lipinski definition) is 3. The van der Waals surface area contributed by atoms with E-state index in [1.54, 1.807) is 19.2 Å². The van der Waals surface area contributed by atoms with Crippen LogP contribution in [0.5, 0.6) is 11.5 Å². The van der Waals surface area contributed by atoms with E-state index >= 15 is 0 Å². The highest BCUT2D eigenvalue weighted by Gasteiger charge is 2.08. The van der Waals surface area contributed by atoms with Crippen molar-refractivity contribution in [3.8, 4) is 11.5 Å². The van der Waals surface area contributed by atoms with Crippen molar-refractivity contribution in [2.45, 2.75) is 19.1 Å². The Morgan fingerprint density at radius 3 is 2.59 bits per heavy atom. The summed E-state index contributed by atoms with van der Waals surface area (Å²) in [6.07, 6.45) is 0.225. The molecule has 6 nitrogen and oxygen atoms in total. The molecule has 1 atom stereocenters. The normalized spacial score (nSPS) is 12.1. The van der Waals surface area contributed by atoms with Gasteiger partial charge in [0, 0.05) is 19.2 Å². The molecule has 0 fully saturated rings. The molecule has 0 aromatic heterocycles. The fourth-order valence-electron chi connectivity index (χ4n) is 2.50. The van der Waals surface area contributed by atoms with Crippen LogP contribution in [-0.2, 0) is 22.5 Å². The standard InChI is InChI=1S/C21H29NO5/c1-25-12-13-26-15-18-4-2-3-5-21(18)27-16-20(24)14-22-11-10-17-6-8-19(23)9-7-17/h2-9,20,22-24H,10-16H2,1H3. The van der Waals surface area contributed by atoms with Crippen molar-refractivity contribution in [1.29, 1.82) is 0 Å². The molecule has 3 N–H and O–H groups in total. The molecule has 6 heteroatoms. The molecule has 0 aliphatic carbocycles. The highest BCUT2D eigenvalue weighted by atomic mass is 16.5. The molecule has 0 radical (unpaired) electrons. The van der Waals surface area contributed by atoms with Crippen molar-refractivity contribution in [2.75, 3.05) is 40.0 Å². The van der Waals surface area contributed by atoms with Gasteiger partial charge in [-0.1, -0.05) is 30.3 Å². The van der Waals surface area contributed by atoms with E-state index in [4.69, 9.17) is 14.2 Å². The van der Waals surface area contributed by atoms with Crippen LogP contribution in [0.15, 0.2) is 48.5 Å². The predicted octanol–water partition coefficient (Wildman–Crippen LogP) is 2.13. The second kappa shape index (κ2) is 12.3. The van der Waals surface area contributed by atoms with E-state index < -0.39 is 6.10 Å². The predicted molar refractivity (Wildman–Crippen MR) is 104 cm³/mol. The fourth-order valence-corrected chi connectivity index (χ4v) is 2.50. The lowest BCUT2D eigenvalue weighted by Gasteiger charge is -2.16. The highest BCUT2D eigenvalue weighted by Crippen LogP contribution is 2.19. The second-order valence-corrected chi connectivity index (χ2v) is 6.24. The van der Waals surface area contributed by atoms with E-state index in [1.165, 1.54) is 0 Å². The van der Waals surface area contributed by atoms with Crippen molar-refractivity contribution in [1.82, 2.24) is 5.32 Å². The first-order chi connectivity index (χ1) is 13.2. The Kier molecular flexibility index (Phi) is 9.65. The third kappa shape index (κ3) is 8.41. The van der Waals surface area contributed by atoms with Crippen molar-refractivity contribution < 1.29 is 24.4 Å². The van der Waals surface area contributed by atoms with Gasteiger partial charge in [0.15, 0.2) is 0 Å². The Morgan fingerprint density at radius 2 is 1.81 bits per heavy atom. The molecule has 0 saturated heterocycles. The Labute approximate surface area is 160 Å². The first kappa shape index (κ1) is 21.2. The number of aliphatic hydroxyl groups is 1. The van der Waals surface area contributed by atoms with Gasteiger partial charge in [0.2, 0.25) is 0 Å². The van der Waals surface area contributed by atoms with Gasteiger partial charge in [-0.25, -0.2) is 0 Å². The summed E-state index contributed by atoms with van der Waals surface area (Å²) >= 11 is 0. The van der Waals surface area contributed by atoms with Crippen LogP contribution < -0.4 is 10.1 Å². The molecule has 2 aromatic rings. The zero-order chi connectivity index (χ0) is 19.3. The third-order valence-corrected chi connectivity index (χ3v) is 4.00. The van der Waals surface area contributed by atoms with Crippen LogP contribution in [0.2, 0.25) is 0 Å². The van der Waals surface area contributed by atoms with Crippen LogP contribution >= 0.6 is 0 Å². The minimum Gasteiger partial charge on any atom is -0.508 e. The molecule has 0 aliphatic heterocycles. The van der Waals surface area contributed by atoms with Gasteiger partial charge in [-0.2, -0.15) is 0 Å². The number of aliphatic hydroxyl groups excluding tert-OH is 1. The zero-order valence-electron chi connectivity index (χ0n) is 15.8. The molecule has 0 amide bonds. The average Bonchev–Trinajstić information content (AvgIpc) is 2.69. The molecule has 0 aliphatic rings. The van der Waals surface area contributed by atoms with Gasteiger partial charge in [-0.15, -0.1) is 0 Å². The highest BCUT2D eigenvalue weighted by molar-refractivity contribution is 5.32. The zero-order valence-corrected chi connectivity index (χ0v) is 15.8. The summed E-state index contributed by atoms with van der Waals surface area (Å²) in [7, 11) is 1.64. The molecule has 0 spiro atoms. The molecule has 0 bridgehead atoms. The van der Waals surface area contributed by atoms with Crippen molar-refractivity contribution in [3.05, 3.63) is 59.7 Å². The number of rotatable bonds is 13. The SMILES string of the molecule is COCCOCc1ccccc1OCC(O)CNCCc1ccc(O)cc1. The minimum absolute atomic E-state index is 0.210. The van der Waals surface area contributed by atoms with E-state index in [0.717, 1.165) is 29.8 Å². The Hall–Kier alpha value is -2.12. The summed E-state index contributed by atoms with van der Waals surface area (Å²) < 4.78 is 16.3. The topological polar surface area (TPSA) is 80.2 Å². The summed E-state index contributed by atoms with van der Waals surface area (Å²) in [6.45, 7) is 2.92. The quantitative estimate of drug-likeness (QED) is 0.466. The molecule has 27 heavy (non-hydrogen) atoms. The van der Waals surface area contributed by atoms with Gasteiger partial charge in [0.1, 0.15) is 24.2 Å². The lowest BCUT2D eigenvalue weighted by atomic mass is 10.1. The first-order valence-electron chi connectivity index (χ1n) is 9.13. The number of phenolic OH excluding ortho intramolecular Hbond substituents is 1. The van der Waals surface area contributed by atoms with Crippen molar-refractivity contribution in [3.63, 3.8) is 0 Å². The number of nitrogens with one attached hydrogen (secondary N) is 1. The average molecular weight is 375 g/mol. The Morgan fingerprint density at radius 1 is 1.04 bits per heavy atom. The van der Waals surface area contributed by atoms with Gasteiger partial charge in [-0.3, -0.25) is 0 Å². The number of methoxy groups -OCH3 is 1. The van der Waals surface area contributed by atoms with Crippen LogP contribution in [0.1, 0.15) is 11.1 Å². The third-order valence-electron chi connectivity index (χ3n) is 4.00. The molecule has 0 heterocycles. The van der Waals surface area contributed by atoms with Crippen LogP contribution in [0.3, 0.4) is 0 Å². The maximum atomic E-state index is 10.1. The summed E-state index contributed by atoms with van der Waals surface area (Å²) in [5.74, 6) is 0.988. The van der Waals surface area contributed by atoms with E-state index in [2.05, 4.69) is 5.32 Å². The fraction of sp³-hybridized carbons (Fsp3) is 0.429. The van der Waals surface area contributed by atoms with E-state index in [1.807, 2.05) is 36.4 Å². The maximum absolute atomic E-state index is 10.1. The smallest absolute Gasteiger partial charge is 0.124 e. The van der Waals surface area contributed by atoms with Gasteiger partial charge in [0.05, 0.1) is 19.8 Å². The van der Waals surface area contributed by atoms with Crippen molar-refractivity contribution >= 4 is 0 Å². The largest absolute Gasteiger partial charge is 0.508 e. The van der Waals surface area contributed by atoms with Crippen LogP contribution in [-0.4, -0.2) is 56.3 Å². The Balaban J connectivity index is 1.66. The number of ether oxygens (including phenoxy) is 3. The molecule has 1 unspecified atom stereocenters. The number of phenols is 1. The van der Waals surface area contributed by atoms with Gasteiger partial charge >= 0.3 is 0 Å². The molecular weight excluding hydrogens is 346 g/mol. The number of hydrogen-bond acceptors (Lipinski definition) is 6. The lowest BCUT2D eigenvalue weighted by Crippen LogP contribution is -2.32. The summed E-state index contributed by atoms with van der Waals surface area (Å²) in [4.78, 5) is 0. The van der Waals surface area contributed by atoms with Gasteiger partial charge in [0.25, 0.3) is 0 Å².